The normalized spacial score (nSPS) is 15.0. The zero-order valence-electron chi connectivity index (χ0n) is 18.4. The van der Waals surface area contributed by atoms with E-state index in [9.17, 15) is 4.79 Å². The summed E-state index contributed by atoms with van der Waals surface area (Å²) < 4.78 is 0. The first-order chi connectivity index (χ1) is 14.9. The van der Waals surface area contributed by atoms with Crippen LogP contribution in [0.5, 0.6) is 0 Å². The lowest BCUT2D eigenvalue weighted by Gasteiger charge is -2.26. The first-order valence-electron chi connectivity index (χ1n) is 10.9. The molecule has 0 saturated heterocycles. The number of hydrogen-bond acceptors (Lipinski definition) is 5. The minimum absolute atomic E-state index is 0. The van der Waals surface area contributed by atoms with Crippen LogP contribution in [0.15, 0.2) is 30.3 Å². The maximum atomic E-state index is 11.5. The molecule has 8 heteroatoms. The molecule has 168 valence electrons. The fourth-order valence-corrected chi connectivity index (χ4v) is 4.76. The summed E-state index contributed by atoms with van der Waals surface area (Å²) in [4.78, 5) is 29.4. The van der Waals surface area contributed by atoms with Gasteiger partial charge in [0, 0.05) is 48.1 Å². The lowest BCUT2D eigenvalue weighted by atomic mass is 9.88. The molecule has 5 rings (SSSR count). The van der Waals surface area contributed by atoms with Gasteiger partial charge in [-0.05, 0) is 62.6 Å². The molecule has 0 spiro atoms. The second-order valence-electron chi connectivity index (χ2n) is 8.90. The molecule has 1 saturated carbocycles. The number of hydrogen-bond donors (Lipinski definition) is 3. The van der Waals surface area contributed by atoms with Crippen molar-refractivity contribution < 1.29 is 4.79 Å². The SMILES string of the molecule is Cc1nc2nc(N)cc(-c3cc4cc(CN(C)CC5CCC(=O)CC5)ccc4[nH]3)c2[nH]1.Cl. The molecule has 0 unspecified atom stereocenters. The maximum Gasteiger partial charge on any atom is 0.180 e. The van der Waals surface area contributed by atoms with Gasteiger partial charge in [0.15, 0.2) is 5.65 Å². The van der Waals surface area contributed by atoms with E-state index in [0.29, 0.717) is 23.2 Å². The van der Waals surface area contributed by atoms with E-state index in [4.69, 9.17) is 5.73 Å². The van der Waals surface area contributed by atoms with Crippen LogP contribution >= 0.6 is 12.4 Å². The quantitative estimate of drug-likeness (QED) is 0.410. The summed E-state index contributed by atoms with van der Waals surface area (Å²) in [5.74, 6) is 2.33. The lowest BCUT2D eigenvalue weighted by molar-refractivity contribution is -0.121. The van der Waals surface area contributed by atoms with Gasteiger partial charge in [-0.15, -0.1) is 12.4 Å². The van der Waals surface area contributed by atoms with Crippen molar-refractivity contribution in [2.45, 2.75) is 39.2 Å². The standard InChI is InChI=1S/C24H28N6O.ClH/c1-14-26-23-19(11-22(25)29-24(23)27-14)21-10-17-9-16(5-8-20(17)28-21)13-30(2)12-15-3-6-18(31)7-4-15;/h5,8-11,15,28H,3-4,6-7,12-13H2,1-2H3,(H3,25,26,27,29);1H. The zero-order chi connectivity index (χ0) is 21.5. The molecule has 0 atom stereocenters. The van der Waals surface area contributed by atoms with Crippen LogP contribution in [-0.2, 0) is 11.3 Å². The van der Waals surface area contributed by atoms with Crippen molar-refractivity contribution in [3.63, 3.8) is 0 Å². The Bertz CT molecular complexity index is 1270. The number of carbonyl (C=O) groups excluding carboxylic acids is 1. The van der Waals surface area contributed by atoms with Gasteiger partial charge in [-0.3, -0.25) is 4.79 Å². The Kier molecular flexibility index (Phi) is 6.22. The fraction of sp³-hybridized carbons (Fsp3) is 0.375. The van der Waals surface area contributed by atoms with Crippen molar-refractivity contribution in [1.82, 2.24) is 24.8 Å². The second kappa shape index (κ2) is 8.92. The molecule has 0 aliphatic heterocycles. The summed E-state index contributed by atoms with van der Waals surface area (Å²) in [5.41, 5.74) is 11.9. The number of imidazole rings is 1. The number of aromatic nitrogens is 4. The zero-order valence-corrected chi connectivity index (χ0v) is 19.3. The molecule has 1 aromatic carbocycles. The molecule has 0 amide bonds. The Hall–Kier alpha value is -2.90. The van der Waals surface area contributed by atoms with E-state index >= 15 is 0 Å². The average Bonchev–Trinajstić information content (AvgIpc) is 3.31. The predicted molar refractivity (Wildman–Crippen MR) is 131 cm³/mol. The van der Waals surface area contributed by atoms with Crippen LogP contribution in [0.1, 0.15) is 37.1 Å². The number of halogens is 1. The Labute approximate surface area is 193 Å². The third kappa shape index (κ3) is 4.49. The van der Waals surface area contributed by atoms with Crippen LogP contribution in [0.3, 0.4) is 0 Å². The molecule has 1 aliphatic rings. The second-order valence-corrected chi connectivity index (χ2v) is 8.90. The number of H-pyrrole nitrogens is 2. The summed E-state index contributed by atoms with van der Waals surface area (Å²) in [6.45, 7) is 3.85. The van der Waals surface area contributed by atoms with E-state index in [1.807, 2.05) is 13.0 Å². The van der Waals surface area contributed by atoms with Crippen molar-refractivity contribution in [2.24, 2.45) is 5.92 Å². The first kappa shape index (κ1) is 22.3. The molecule has 4 N–H and O–H groups in total. The number of ketones is 1. The highest BCUT2D eigenvalue weighted by atomic mass is 35.5. The van der Waals surface area contributed by atoms with Gasteiger partial charge in [0.25, 0.3) is 0 Å². The number of nitrogens with two attached hydrogens (primary N) is 1. The molecular weight excluding hydrogens is 424 g/mol. The van der Waals surface area contributed by atoms with E-state index < -0.39 is 0 Å². The van der Waals surface area contributed by atoms with Crippen LogP contribution in [0.2, 0.25) is 0 Å². The van der Waals surface area contributed by atoms with E-state index in [-0.39, 0.29) is 12.4 Å². The van der Waals surface area contributed by atoms with Gasteiger partial charge in [0.2, 0.25) is 0 Å². The molecule has 4 aromatic rings. The summed E-state index contributed by atoms with van der Waals surface area (Å²) in [6.07, 6.45) is 3.55. The summed E-state index contributed by atoms with van der Waals surface area (Å²) in [5, 5.41) is 1.17. The summed E-state index contributed by atoms with van der Waals surface area (Å²) in [6, 6.07) is 10.6. The third-order valence-electron chi connectivity index (χ3n) is 6.26. The van der Waals surface area contributed by atoms with Crippen LogP contribution in [0.4, 0.5) is 5.82 Å². The highest BCUT2D eigenvalue weighted by molar-refractivity contribution is 5.95. The molecular formula is C24H29ClN6O. The Morgan fingerprint density at radius 3 is 2.69 bits per heavy atom. The van der Waals surface area contributed by atoms with Crippen LogP contribution < -0.4 is 5.73 Å². The molecule has 0 bridgehead atoms. The molecule has 1 aliphatic carbocycles. The monoisotopic (exact) mass is 452 g/mol. The number of pyridine rings is 1. The smallest absolute Gasteiger partial charge is 0.180 e. The molecule has 1 fully saturated rings. The number of aromatic amines is 2. The first-order valence-corrected chi connectivity index (χ1v) is 10.9. The number of nitrogens with zero attached hydrogens (tertiary/aromatic N) is 3. The number of rotatable bonds is 5. The number of anilines is 1. The van der Waals surface area contributed by atoms with Crippen molar-refractivity contribution >= 4 is 46.1 Å². The minimum Gasteiger partial charge on any atom is -0.384 e. The molecule has 0 radical (unpaired) electrons. The highest BCUT2D eigenvalue weighted by Crippen LogP contribution is 2.31. The van der Waals surface area contributed by atoms with Crippen LogP contribution in [0.25, 0.3) is 33.3 Å². The Balaban J connectivity index is 0.00000245. The van der Waals surface area contributed by atoms with Gasteiger partial charge >= 0.3 is 0 Å². The number of fused-ring (bicyclic) bond motifs is 2. The van der Waals surface area contributed by atoms with Gasteiger partial charge < -0.3 is 20.6 Å². The van der Waals surface area contributed by atoms with Crippen molar-refractivity contribution in [3.05, 3.63) is 41.7 Å². The molecule has 32 heavy (non-hydrogen) atoms. The average molecular weight is 453 g/mol. The minimum atomic E-state index is 0. The predicted octanol–water partition coefficient (Wildman–Crippen LogP) is 4.61. The molecule has 3 aromatic heterocycles. The van der Waals surface area contributed by atoms with Crippen LogP contribution in [-0.4, -0.2) is 44.2 Å². The van der Waals surface area contributed by atoms with Gasteiger partial charge in [0.05, 0.1) is 5.52 Å². The Morgan fingerprint density at radius 2 is 1.91 bits per heavy atom. The maximum absolute atomic E-state index is 11.5. The fourth-order valence-electron chi connectivity index (χ4n) is 4.76. The summed E-state index contributed by atoms with van der Waals surface area (Å²) in [7, 11) is 2.17. The van der Waals surface area contributed by atoms with Gasteiger partial charge in [0.1, 0.15) is 17.4 Å². The topological polar surface area (TPSA) is 104 Å². The van der Waals surface area contributed by atoms with Gasteiger partial charge in [-0.2, -0.15) is 0 Å². The number of Topliss-reactive ketones (excluding diaryl/α,β-unsaturated/α-hetero) is 1. The van der Waals surface area contributed by atoms with E-state index in [2.05, 4.69) is 56.1 Å². The number of carbonyl (C=O) groups is 1. The van der Waals surface area contributed by atoms with Crippen molar-refractivity contribution in [3.8, 4) is 11.3 Å². The van der Waals surface area contributed by atoms with E-state index in [1.54, 1.807) is 0 Å². The lowest BCUT2D eigenvalue weighted by Crippen LogP contribution is -2.28. The van der Waals surface area contributed by atoms with Crippen molar-refractivity contribution in [1.29, 1.82) is 0 Å². The van der Waals surface area contributed by atoms with Crippen LogP contribution in [0, 0.1) is 12.8 Å². The third-order valence-corrected chi connectivity index (χ3v) is 6.26. The molecule has 7 nitrogen and oxygen atoms in total. The van der Waals surface area contributed by atoms with Gasteiger partial charge in [-0.25, -0.2) is 9.97 Å². The number of nitrogens with one attached hydrogen (secondary N) is 2. The van der Waals surface area contributed by atoms with E-state index in [1.165, 1.54) is 10.9 Å². The highest BCUT2D eigenvalue weighted by Gasteiger charge is 2.20. The number of nitrogen functional groups attached to an aromatic ring is 1. The Morgan fingerprint density at radius 1 is 1.12 bits per heavy atom. The van der Waals surface area contributed by atoms with Crippen molar-refractivity contribution in [2.75, 3.05) is 19.3 Å². The number of benzene rings is 1. The molecule has 3 heterocycles. The summed E-state index contributed by atoms with van der Waals surface area (Å²) >= 11 is 0. The van der Waals surface area contributed by atoms with E-state index in [0.717, 1.165) is 66.9 Å². The largest absolute Gasteiger partial charge is 0.384 e. The number of aryl methyl sites for hydroxylation is 1. The van der Waals surface area contributed by atoms with Gasteiger partial charge in [-0.1, -0.05) is 6.07 Å².